The van der Waals surface area contributed by atoms with Gasteiger partial charge in [0.05, 0.1) is 18.3 Å². The number of carbonyl (C=O) groups is 1. The number of nitrogens with zero attached hydrogens (tertiary/aromatic N) is 1. The van der Waals surface area contributed by atoms with Gasteiger partial charge in [0.15, 0.2) is 0 Å². The van der Waals surface area contributed by atoms with Gasteiger partial charge in [0.1, 0.15) is 5.75 Å². The van der Waals surface area contributed by atoms with E-state index in [0.717, 1.165) is 12.1 Å². The zero-order valence-corrected chi connectivity index (χ0v) is 13.0. The van der Waals surface area contributed by atoms with Crippen LogP contribution in [0.5, 0.6) is 5.75 Å². The highest BCUT2D eigenvalue weighted by atomic mass is 16.5. The van der Waals surface area contributed by atoms with Gasteiger partial charge in [-0.05, 0) is 45.1 Å². The zero-order valence-electron chi connectivity index (χ0n) is 13.0. The third-order valence-electron chi connectivity index (χ3n) is 3.26. The molecular formula is C15H25N3O2. The molecule has 5 nitrogen and oxygen atoms in total. The summed E-state index contributed by atoms with van der Waals surface area (Å²) in [6.07, 6.45) is 0.568. The van der Waals surface area contributed by atoms with E-state index in [1.165, 1.54) is 0 Å². The van der Waals surface area contributed by atoms with Crippen LogP contribution in [0.3, 0.4) is 0 Å². The molecular weight excluding hydrogens is 254 g/mol. The maximum Gasteiger partial charge on any atom is 0.244 e. The molecule has 0 saturated carbocycles. The highest BCUT2D eigenvalue weighted by Crippen LogP contribution is 2.26. The van der Waals surface area contributed by atoms with Gasteiger partial charge in [-0.3, -0.25) is 4.79 Å². The lowest BCUT2D eigenvalue weighted by Gasteiger charge is -2.22. The summed E-state index contributed by atoms with van der Waals surface area (Å²) in [4.78, 5) is 14.2. The quantitative estimate of drug-likeness (QED) is 0.833. The van der Waals surface area contributed by atoms with E-state index >= 15 is 0 Å². The number of nitrogens with one attached hydrogen (secondary N) is 1. The Morgan fingerprint density at radius 3 is 2.60 bits per heavy atom. The summed E-state index contributed by atoms with van der Waals surface area (Å²) in [7, 11) is 5.57. The molecule has 1 aromatic carbocycles. The Kier molecular flexibility index (Phi) is 5.53. The second kappa shape index (κ2) is 6.72. The molecule has 20 heavy (non-hydrogen) atoms. The SMILES string of the molecule is CCC(C)(N)C(=O)Nc1cc(CN(C)C)ccc1OC. The van der Waals surface area contributed by atoms with Crippen molar-refractivity contribution in [1.29, 1.82) is 0 Å². The number of nitrogens with two attached hydrogens (primary N) is 1. The van der Waals surface area contributed by atoms with Crippen molar-refractivity contribution in [3.63, 3.8) is 0 Å². The van der Waals surface area contributed by atoms with Crippen LogP contribution in [0.15, 0.2) is 18.2 Å². The molecule has 0 radical (unpaired) electrons. The van der Waals surface area contributed by atoms with E-state index in [-0.39, 0.29) is 5.91 Å². The Labute approximate surface area is 121 Å². The number of benzene rings is 1. The molecule has 1 atom stereocenters. The highest BCUT2D eigenvalue weighted by molar-refractivity contribution is 5.98. The van der Waals surface area contributed by atoms with E-state index in [1.807, 2.05) is 39.2 Å². The molecule has 0 aliphatic rings. The number of amides is 1. The summed E-state index contributed by atoms with van der Waals surface area (Å²) < 4.78 is 5.28. The molecule has 112 valence electrons. The first-order valence-electron chi connectivity index (χ1n) is 6.72. The van der Waals surface area contributed by atoms with Crippen molar-refractivity contribution < 1.29 is 9.53 Å². The third-order valence-corrected chi connectivity index (χ3v) is 3.26. The molecule has 0 heterocycles. The fraction of sp³-hybridized carbons (Fsp3) is 0.533. The lowest BCUT2D eigenvalue weighted by Crippen LogP contribution is -2.47. The van der Waals surface area contributed by atoms with Crippen LogP contribution >= 0.6 is 0 Å². The van der Waals surface area contributed by atoms with Gasteiger partial charge in [-0.2, -0.15) is 0 Å². The van der Waals surface area contributed by atoms with Gasteiger partial charge in [-0.25, -0.2) is 0 Å². The largest absolute Gasteiger partial charge is 0.495 e. The molecule has 1 rings (SSSR count). The number of carbonyl (C=O) groups excluding carboxylic acids is 1. The van der Waals surface area contributed by atoms with Crippen LogP contribution in [-0.4, -0.2) is 37.6 Å². The minimum absolute atomic E-state index is 0.208. The predicted molar refractivity (Wildman–Crippen MR) is 81.9 cm³/mol. The van der Waals surface area contributed by atoms with Crippen molar-refractivity contribution in [1.82, 2.24) is 4.90 Å². The van der Waals surface area contributed by atoms with Gasteiger partial charge in [-0.1, -0.05) is 13.0 Å². The van der Waals surface area contributed by atoms with Crippen LogP contribution in [0, 0.1) is 0 Å². The van der Waals surface area contributed by atoms with Gasteiger partial charge in [0.25, 0.3) is 0 Å². The Hall–Kier alpha value is -1.59. The summed E-state index contributed by atoms with van der Waals surface area (Å²) in [6, 6.07) is 5.76. The standard InChI is InChI=1S/C15H25N3O2/c1-6-15(2,16)14(19)17-12-9-11(10-18(3)4)7-8-13(12)20-5/h7-9H,6,10,16H2,1-5H3,(H,17,19). The first-order valence-corrected chi connectivity index (χ1v) is 6.72. The van der Waals surface area contributed by atoms with E-state index in [1.54, 1.807) is 14.0 Å². The minimum Gasteiger partial charge on any atom is -0.495 e. The van der Waals surface area contributed by atoms with Gasteiger partial charge < -0.3 is 20.7 Å². The molecule has 1 unspecified atom stereocenters. The predicted octanol–water partition coefficient (Wildman–Crippen LogP) is 1.82. The lowest BCUT2D eigenvalue weighted by molar-refractivity contribution is -0.120. The van der Waals surface area contributed by atoms with E-state index in [2.05, 4.69) is 10.2 Å². The van der Waals surface area contributed by atoms with E-state index in [4.69, 9.17) is 10.5 Å². The van der Waals surface area contributed by atoms with Gasteiger partial charge >= 0.3 is 0 Å². The molecule has 0 aliphatic heterocycles. The van der Waals surface area contributed by atoms with Crippen molar-refractivity contribution in [2.45, 2.75) is 32.4 Å². The average molecular weight is 279 g/mol. The topological polar surface area (TPSA) is 67.6 Å². The maximum absolute atomic E-state index is 12.2. The molecule has 1 amide bonds. The number of ether oxygens (including phenoxy) is 1. The molecule has 0 aromatic heterocycles. The molecule has 0 aliphatic carbocycles. The fourth-order valence-electron chi connectivity index (χ4n) is 1.74. The Balaban J connectivity index is 2.99. The summed E-state index contributed by atoms with van der Waals surface area (Å²) >= 11 is 0. The smallest absolute Gasteiger partial charge is 0.244 e. The summed E-state index contributed by atoms with van der Waals surface area (Å²) in [6.45, 7) is 4.40. The number of hydrogen-bond acceptors (Lipinski definition) is 4. The fourth-order valence-corrected chi connectivity index (χ4v) is 1.74. The molecule has 0 fully saturated rings. The first-order chi connectivity index (χ1) is 9.30. The molecule has 1 aromatic rings. The first kappa shape index (κ1) is 16.5. The van der Waals surface area contributed by atoms with Gasteiger partial charge in [-0.15, -0.1) is 0 Å². The van der Waals surface area contributed by atoms with Gasteiger partial charge in [0, 0.05) is 6.54 Å². The zero-order chi connectivity index (χ0) is 15.3. The molecule has 3 N–H and O–H groups in total. The number of rotatable bonds is 6. The normalized spacial score (nSPS) is 13.9. The molecule has 0 bridgehead atoms. The number of methoxy groups -OCH3 is 1. The van der Waals surface area contributed by atoms with Crippen LogP contribution < -0.4 is 15.8 Å². The number of hydrogen-bond donors (Lipinski definition) is 2. The summed E-state index contributed by atoms with van der Waals surface area (Å²) in [5, 5.41) is 2.86. The Morgan fingerprint density at radius 2 is 2.10 bits per heavy atom. The maximum atomic E-state index is 12.2. The third kappa shape index (κ3) is 4.21. The van der Waals surface area contributed by atoms with Crippen LogP contribution in [0.1, 0.15) is 25.8 Å². The second-order valence-electron chi connectivity index (χ2n) is 5.50. The minimum atomic E-state index is -0.886. The summed E-state index contributed by atoms with van der Waals surface area (Å²) in [5.41, 5.74) is 6.82. The second-order valence-corrected chi connectivity index (χ2v) is 5.50. The van der Waals surface area contributed by atoms with Crippen LogP contribution in [0.25, 0.3) is 0 Å². The van der Waals surface area contributed by atoms with Crippen LogP contribution in [-0.2, 0) is 11.3 Å². The van der Waals surface area contributed by atoms with Crippen LogP contribution in [0.2, 0.25) is 0 Å². The van der Waals surface area contributed by atoms with Gasteiger partial charge in [0.2, 0.25) is 5.91 Å². The van der Waals surface area contributed by atoms with Crippen molar-refractivity contribution in [3.05, 3.63) is 23.8 Å². The monoisotopic (exact) mass is 279 g/mol. The summed E-state index contributed by atoms with van der Waals surface area (Å²) in [5.74, 6) is 0.424. The van der Waals surface area contributed by atoms with E-state index in [9.17, 15) is 4.79 Å². The highest BCUT2D eigenvalue weighted by Gasteiger charge is 2.26. The van der Waals surface area contributed by atoms with Crippen LogP contribution in [0.4, 0.5) is 5.69 Å². The molecule has 0 saturated heterocycles. The van der Waals surface area contributed by atoms with E-state index < -0.39 is 5.54 Å². The van der Waals surface area contributed by atoms with E-state index in [0.29, 0.717) is 17.9 Å². The molecule has 0 spiro atoms. The lowest BCUT2D eigenvalue weighted by atomic mass is 9.99. The van der Waals surface area contributed by atoms with Crippen molar-refractivity contribution >= 4 is 11.6 Å². The van der Waals surface area contributed by atoms with Crippen molar-refractivity contribution in [3.8, 4) is 5.75 Å². The Bertz CT molecular complexity index is 470. The van der Waals surface area contributed by atoms with Crippen molar-refractivity contribution in [2.75, 3.05) is 26.5 Å². The average Bonchev–Trinajstić information content (AvgIpc) is 2.38. The Morgan fingerprint density at radius 1 is 1.45 bits per heavy atom. The number of anilines is 1. The van der Waals surface area contributed by atoms with Crippen molar-refractivity contribution in [2.24, 2.45) is 5.73 Å². The molecule has 5 heteroatoms.